The maximum absolute atomic E-state index is 2.45. The third-order valence-electron chi connectivity index (χ3n) is 5.56. The van der Waals surface area contributed by atoms with E-state index in [0.717, 1.165) is 6.54 Å². The molecule has 4 aromatic rings. The molecule has 0 aliphatic carbocycles. The zero-order chi connectivity index (χ0) is 18.9. The van der Waals surface area contributed by atoms with Crippen molar-refractivity contribution < 1.29 is 0 Å². The summed E-state index contributed by atoms with van der Waals surface area (Å²) in [4.78, 5) is 0. The lowest BCUT2D eigenvalue weighted by Crippen LogP contribution is -2.13. The van der Waals surface area contributed by atoms with Crippen molar-refractivity contribution in [3.63, 3.8) is 0 Å². The Labute approximate surface area is 168 Å². The molecule has 2 unspecified atom stereocenters. The summed E-state index contributed by atoms with van der Waals surface area (Å²) in [5.41, 5.74) is 2.78. The molecule has 3 heteroatoms. The summed E-state index contributed by atoms with van der Waals surface area (Å²) in [5, 5.41) is 5.32. The van der Waals surface area contributed by atoms with Crippen LogP contribution < -0.4 is 0 Å². The monoisotopic (exact) mass is 382 g/mol. The third kappa shape index (κ3) is 3.15. The van der Waals surface area contributed by atoms with Gasteiger partial charge in [0.2, 0.25) is 0 Å². The van der Waals surface area contributed by atoms with Gasteiger partial charge in [-0.25, -0.2) is 0 Å². The number of nitrogens with zero attached hydrogens (tertiary/aromatic N) is 2. The highest BCUT2D eigenvalue weighted by atomic mass is 31.1. The molecule has 1 aliphatic rings. The van der Waals surface area contributed by atoms with Gasteiger partial charge < -0.3 is 9.34 Å². The molecule has 0 amide bonds. The largest absolute Gasteiger partial charge is 0.337 e. The molecule has 1 heterocycles. The molecule has 0 saturated carbocycles. The standard InChI is InChI=1S/C25H23N2P/c1-19(23-15-7-11-21-9-3-5-14-25(21)23)27-17-16-26(28-27)18-22-12-6-10-20-8-2-4-13-24(20)22/h2-17,19,28H,18H2,1H3. The van der Waals surface area contributed by atoms with E-state index in [1.807, 2.05) is 0 Å². The van der Waals surface area contributed by atoms with Crippen LogP contribution in [-0.4, -0.2) is 9.34 Å². The quantitative estimate of drug-likeness (QED) is 0.356. The van der Waals surface area contributed by atoms with Crippen molar-refractivity contribution in [3.05, 3.63) is 108 Å². The maximum Gasteiger partial charge on any atom is 0.0798 e. The minimum absolute atomic E-state index is 0.346. The fourth-order valence-electron chi connectivity index (χ4n) is 4.05. The van der Waals surface area contributed by atoms with Crippen LogP contribution in [0.2, 0.25) is 0 Å². The Balaban J connectivity index is 1.36. The minimum atomic E-state index is 0.346. The second-order valence-electron chi connectivity index (χ2n) is 7.32. The highest BCUT2D eigenvalue weighted by Crippen LogP contribution is 2.41. The van der Waals surface area contributed by atoms with Gasteiger partial charge in [-0.05, 0) is 39.6 Å². The summed E-state index contributed by atoms with van der Waals surface area (Å²) in [6, 6.07) is 30.9. The summed E-state index contributed by atoms with van der Waals surface area (Å²) >= 11 is 0. The highest BCUT2D eigenvalue weighted by Gasteiger charge is 2.21. The van der Waals surface area contributed by atoms with Crippen molar-refractivity contribution in [3.8, 4) is 0 Å². The van der Waals surface area contributed by atoms with E-state index in [2.05, 4.69) is 114 Å². The van der Waals surface area contributed by atoms with E-state index in [1.54, 1.807) is 0 Å². The lowest BCUT2D eigenvalue weighted by Gasteiger charge is -2.27. The summed E-state index contributed by atoms with van der Waals surface area (Å²) < 4.78 is 4.87. The fraction of sp³-hybridized carbons (Fsp3) is 0.120. The number of hydrogen-bond acceptors (Lipinski definition) is 2. The van der Waals surface area contributed by atoms with E-state index in [9.17, 15) is 0 Å². The van der Waals surface area contributed by atoms with Crippen LogP contribution in [0, 0.1) is 0 Å². The molecule has 138 valence electrons. The Bertz CT molecular complexity index is 1160. The molecule has 0 saturated heterocycles. The Morgan fingerprint density at radius 2 is 1.36 bits per heavy atom. The molecule has 28 heavy (non-hydrogen) atoms. The van der Waals surface area contributed by atoms with Gasteiger partial charge in [0, 0.05) is 18.9 Å². The Morgan fingerprint density at radius 3 is 2.18 bits per heavy atom. The van der Waals surface area contributed by atoms with Gasteiger partial charge in [-0.15, -0.1) is 0 Å². The molecular formula is C25H23N2P. The van der Waals surface area contributed by atoms with Crippen molar-refractivity contribution in [2.45, 2.75) is 19.5 Å². The fourth-order valence-corrected chi connectivity index (χ4v) is 5.17. The molecule has 0 bridgehead atoms. The van der Waals surface area contributed by atoms with Gasteiger partial charge in [0.15, 0.2) is 0 Å². The normalized spacial score (nSPS) is 15.8. The minimum Gasteiger partial charge on any atom is -0.337 e. The van der Waals surface area contributed by atoms with Crippen molar-refractivity contribution in [1.82, 2.24) is 9.34 Å². The molecule has 0 fully saturated rings. The van der Waals surface area contributed by atoms with Crippen LogP contribution >= 0.6 is 8.88 Å². The number of hydrogen-bond donors (Lipinski definition) is 0. The molecule has 1 aliphatic heterocycles. The Kier molecular flexibility index (Phi) is 4.50. The van der Waals surface area contributed by atoms with Gasteiger partial charge in [0.1, 0.15) is 0 Å². The molecular weight excluding hydrogens is 359 g/mol. The molecule has 0 N–H and O–H groups in total. The van der Waals surface area contributed by atoms with Gasteiger partial charge in [0.05, 0.1) is 14.9 Å². The maximum atomic E-state index is 2.45. The van der Waals surface area contributed by atoms with Crippen LogP contribution in [0.5, 0.6) is 0 Å². The van der Waals surface area contributed by atoms with Crippen molar-refractivity contribution >= 4 is 30.4 Å². The first kappa shape index (κ1) is 17.3. The summed E-state index contributed by atoms with van der Waals surface area (Å²) in [6.45, 7) is 3.25. The zero-order valence-electron chi connectivity index (χ0n) is 15.9. The van der Waals surface area contributed by atoms with Gasteiger partial charge in [-0.2, -0.15) is 0 Å². The third-order valence-corrected chi connectivity index (χ3v) is 6.89. The average Bonchev–Trinajstić information content (AvgIpc) is 3.22. The number of rotatable bonds is 4. The summed E-state index contributed by atoms with van der Waals surface area (Å²) in [5.74, 6) is 0. The van der Waals surface area contributed by atoms with Crippen LogP contribution in [0.4, 0.5) is 0 Å². The van der Waals surface area contributed by atoms with Crippen molar-refractivity contribution in [2.75, 3.05) is 0 Å². The van der Waals surface area contributed by atoms with Gasteiger partial charge in [-0.1, -0.05) is 84.9 Å². The van der Waals surface area contributed by atoms with E-state index in [-0.39, 0.29) is 0 Å². The van der Waals surface area contributed by atoms with E-state index in [4.69, 9.17) is 0 Å². The molecule has 5 rings (SSSR count). The van der Waals surface area contributed by atoms with Gasteiger partial charge in [-0.3, -0.25) is 0 Å². The molecule has 0 spiro atoms. The zero-order valence-corrected chi connectivity index (χ0v) is 16.9. The van der Waals surface area contributed by atoms with Crippen LogP contribution in [0.15, 0.2) is 97.3 Å². The topological polar surface area (TPSA) is 6.48 Å². The summed E-state index contributed by atoms with van der Waals surface area (Å²) in [7, 11) is 0.620. The van der Waals surface area contributed by atoms with Gasteiger partial charge in [0.25, 0.3) is 0 Å². The van der Waals surface area contributed by atoms with Crippen LogP contribution in [0.1, 0.15) is 24.1 Å². The smallest absolute Gasteiger partial charge is 0.0798 e. The lowest BCUT2D eigenvalue weighted by molar-refractivity contribution is 0.486. The lowest BCUT2D eigenvalue weighted by atomic mass is 10.00. The number of benzene rings is 4. The first-order valence-corrected chi connectivity index (χ1v) is 10.6. The Hall–Kier alpha value is -2.83. The Morgan fingerprint density at radius 1 is 0.714 bits per heavy atom. The molecule has 2 atom stereocenters. The SMILES string of the molecule is CC(c1cccc2ccccc12)N1C=CN(Cc2cccc3ccccc23)P1. The number of fused-ring (bicyclic) bond motifs is 2. The van der Waals surface area contributed by atoms with Crippen molar-refractivity contribution in [2.24, 2.45) is 0 Å². The molecule has 0 aromatic heterocycles. The second kappa shape index (κ2) is 7.30. The average molecular weight is 382 g/mol. The predicted molar refractivity (Wildman–Crippen MR) is 121 cm³/mol. The van der Waals surface area contributed by atoms with Crippen LogP contribution in [0.3, 0.4) is 0 Å². The van der Waals surface area contributed by atoms with E-state index >= 15 is 0 Å². The molecule has 4 aromatic carbocycles. The second-order valence-corrected chi connectivity index (χ2v) is 8.61. The van der Waals surface area contributed by atoms with E-state index in [0.29, 0.717) is 14.9 Å². The highest BCUT2D eigenvalue weighted by molar-refractivity contribution is 7.33. The molecule has 0 radical (unpaired) electrons. The predicted octanol–water partition coefficient (Wildman–Crippen LogP) is 6.85. The molecule has 2 nitrogen and oxygen atoms in total. The van der Waals surface area contributed by atoms with E-state index in [1.165, 1.54) is 32.7 Å². The van der Waals surface area contributed by atoms with Crippen LogP contribution in [-0.2, 0) is 6.54 Å². The first-order valence-electron chi connectivity index (χ1n) is 9.73. The summed E-state index contributed by atoms with van der Waals surface area (Å²) in [6.07, 6.45) is 4.48. The van der Waals surface area contributed by atoms with Gasteiger partial charge >= 0.3 is 0 Å². The first-order chi connectivity index (χ1) is 13.8. The van der Waals surface area contributed by atoms with E-state index < -0.39 is 0 Å². The van der Waals surface area contributed by atoms with Crippen molar-refractivity contribution in [1.29, 1.82) is 0 Å². The van der Waals surface area contributed by atoms with Crippen LogP contribution in [0.25, 0.3) is 21.5 Å².